The molecule has 0 aromatic heterocycles. The smallest absolute Gasteiger partial charge is 0.331 e. The maximum absolute atomic E-state index is 13.0. The van der Waals surface area contributed by atoms with Gasteiger partial charge in [-0.05, 0) is 12.5 Å². The third-order valence-corrected chi connectivity index (χ3v) is 7.41. The summed E-state index contributed by atoms with van der Waals surface area (Å²) in [5.41, 5.74) is 0.803. The van der Waals surface area contributed by atoms with Gasteiger partial charge < -0.3 is 9.64 Å². The molecule has 1 aromatic carbocycles. The number of amides is 1. The molecule has 2 saturated heterocycles. The molecular formula is C18H19NO5S. The summed E-state index contributed by atoms with van der Waals surface area (Å²) in [6.45, 7) is 4.90. The lowest BCUT2D eigenvalue weighted by molar-refractivity contribution is -0.160. The summed E-state index contributed by atoms with van der Waals surface area (Å²) in [6.07, 6.45) is 4.45. The number of hydrogen-bond donors (Lipinski definition) is 0. The maximum Gasteiger partial charge on any atom is 0.331 e. The number of rotatable bonds is 5. The van der Waals surface area contributed by atoms with E-state index in [1.165, 1.54) is 19.1 Å². The van der Waals surface area contributed by atoms with E-state index in [-0.39, 0.29) is 18.9 Å². The topological polar surface area (TPSA) is 80.8 Å². The molecule has 0 radical (unpaired) electrons. The van der Waals surface area contributed by atoms with Gasteiger partial charge in [-0.1, -0.05) is 55.1 Å². The van der Waals surface area contributed by atoms with Gasteiger partial charge in [0.1, 0.15) is 16.7 Å². The molecule has 2 aliphatic heterocycles. The summed E-state index contributed by atoms with van der Waals surface area (Å²) in [5.74, 6) is -1.09. The summed E-state index contributed by atoms with van der Waals surface area (Å²) in [6, 6.07) is 7.98. The van der Waals surface area contributed by atoms with E-state index < -0.39 is 32.0 Å². The van der Waals surface area contributed by atoms with Gasteiger partial charge in [-0.25, -0.2) is 13.2 Å². The minimum Gasteiger partial charge on any atom is -0.460 e. The SMILES string of the molecule is C=CCOC(=O)[C@@H]1N2C(=O)C[C@H]2S(=O)(=O)C1(C)C=Cc1ccccc1. The summed E-state index contributed by atoms with van der Waals surface area (Å²) in [4.78, 5) is 25.6. The van der Waals surface area contributed by atoms with E-state index in [9.17, 15) is 18.0 Å². The van der Waals surface area contributed by atoms with E-state index >= 15 is 0 Å². The van der Waals surface area contributed by atoms with Gasteiger partial charge in [-0.15, -0.1) is 0 Å². The highest BCUT2D eigenvalue weighted by atomic mass is 32.2. The van der Waals surface area contributed by atoms with Crippen molar-refractivity contribution in [2.45, 2.75) is 29.5 Å². The van der Waals surface area contributed by atoms with Crippen molar-refractivity contribution in [1.82, 2.24) is 4.90 Å². The number of carbonyl (C=O) groups is 2. The molecule has 25 heavy (non-hydrogen) atoms. The number of nitrogens with zero attached hydrogens (tertiary/aromatic N) is 1. The summed E-state index contributed by atoms with van der Waals surface area (Å²) in [7, 11) is -3.76. The lowest BCUT2D eigenvalue weighted by atomic mass is 9.95. The largest absolute Gasteiger partial charge is 0.460 e. The quantitative estimate of drug-likeness (QED) is 0.451. The van der Waals surface area contributed by atoms with Crippen LogP contribution < -0.4 is 0 Å². The van der Waals surface area contributed by atoms with E-state index in [0.29, 0.717) is 0 Å². The molecule has 2 heterocycles. The van der Waals surface area contributed by atoms with Crippen LogP contribution in [0.25, 0.3) is 6.08 Å². The highest BCUT2D eigenvalue weighted by Gasteiger charge is 2.69. The van der Waals surface area contributed by atoms with Crippen molar-refractivity contribution in [1.29, 1.82) is 0 Å². The molecule has 0 aliphatic carbocycles. The monoisotopic (exact) mass is 361 g/mol. The minimum atomic E-state index is -3.76. The van der Waals surface area contributed by atoms with E-state index in [0.717, 1.165) is 10.5 Å². The third kappa shape index (κ3) is 2.59. The Hall–Kier alpha value is -2.41. The van der Waals surface area contributed by atoms with Crippen LogP contribution in [0.4, 0.5) is 0 Å². The Kier molecular flexibility index (Phi) is 4.28. The molecule has 0 N–H and O–H groups in total. The zero-order chi connectivity index (χ0) is 18.2. The van der Waals surface area contributed by atoms with Crippen molar-refractivity contribution in [2.75, 3.05) is 6.61 Å². The molecule has 0 saturated carbocycles. The van der Waals surface area contributed by atoms with E-state index in [2.05, 4.69) is 6.58 Å². The Morgan fingerprint density at radius 2 is 2.08 bits per heavy atom. The number of β-lactam (4-membered cyclic amide) rings is 1. The fraction of sp³-hybridized carbons (Fsp3) is 0.333. The first-order valence-electron chi connectivity index (χ1n) is 7.89. The van der Waals surface area contributed by atoms with Crippen molar-refractivity contribution in [3.05, 3.63) is 54.6 Å². The first-order chi connectivity index (χ1) is 11.8. The molecule has 1 aromatic rings. The van der Waals surface area contributed by atoms with Crippen molar-refractivity contribution in [3.8, 4) is 0 Å². The van der Waals surface area contributed by atoms with Gasteiger partial charge in [-0.3, -0.25) is 4.79 Å². The molecule has 0 spiro atoms. The van der Waals surface area contributed by atoms with Crippen LogP contribution in [0.1, 0.15) is 18.9 Å². The number of esters is 1. The van der Waals surface area contributed by atoms with E-state index in [1.54, 1.807) is 6.08 Å². The van der Waals surface area contributed by atoms with Crippen LogP contribution in [-0.2, 0) is 24.2 Å². The Bertz CT molecular complexity index is 845. The lowest BCUT2D eigenvalue weighted by Gasteiger charge is -2.36. The highest BCUT2D eigenvalue weighted by molar-refractivity contribution is 7.94. The molecule has 2 fully saturated rings. The first kappa shape index (κ1) is 17.4. The van der Waals surface area contributed by atoms with Gasteiger partial charge in [0.15, 0.2) is 15.9 Å². The normalized spacial score (nSPS) is 30.0. The van der Waals surface area contributed by atoms with E-state index in [4.69, 9.17) is 4.74 Å². The van der Waals surface area contributed by atoms with Crippen LogP contribution in [0.2, 0.25) is 0 Å². The predicted octanol–water partition coefficient (Wildman–Crippen LogP) is 1.54. The molecular weight excluding hydrogens is 342 g/mol. The number of fused-ring (bicyclic) bond motifs is 1. The fourth-order valence-electron chi connectivity index (χ4n) is 3.28. The minimum absolute atomic E-state index is 0.0411. The number of carbonyl (C=O) groups excluding carboxylic acids is 2. The van der Waals surface area contributed by atoms with Gasteiger partial charge in [0.05, 0.1) is 6.42 Å². The zero-order valence-corrected chi connectivity index (χ0v) is 14.6. The fourth-order valence-corrected chi connectivity index (χ4v) is 5.54. The van der Waals surface area contributed by atoms with Gasteiger partial charge in [0.2, 0.25) is 5.91 Å². The van der Waals surface area contributed by atoms with Gasteiger partial charge >= 0.3 is 5.97 Å². The average Bonchev–Trinajstić information content (AvgIpc) is 2.73. The summed E-state index contributed by atoms with van der Waals surface area (Å²) >= 11 is 0. The molecule has 2 aliphatic rings. The molecule has 3 rings (SSSR count). The van der Waals surface area contributed by atoms with Crippen LogP contribution in [-0.4, -0.2) is 48.0 Å². The van der Waals surface area contributed by atoms with Gasteiger partial charge in [0.25, 0.3) is 0 Å². The number of hydrogen-bond acceptors (Lipinski definition) is 5. The number of ether oxygens (including phenoxy) is 1. The molecule has 132 valence electrons. The molecule has 1 unspecified atom stereocenters. The second kappa shape index (κ2) is 6.15. The highest BCUT2D eigenvalue weighted by Crippen LogP contribution is 2.47. The Morgan fingerprint density at radius 1 is 1.40 bits per heavy atom. The predicted molar refractivity (Wildman–Crippen MR) is 93.0 cm³/mol. The Labute approximate surface area is 146 Å². The van der Waals surface area contributed by atoms with Crippen molar-refractivity contribution in [3.63, 3.8) is 0 Å². The maximum atomic E-state index is 13.0. The van der Waals surface area contributed by atoms with Crippen LogP contribution in [0.15, 0.2) is 49.1 Å². The van der Waals surface area contributed by atoms with Gasteiger partial charge in [0, 0.05) is 0 Å². The first-order valence-corrected chi connectivity index (χ1v) is 9.44. The van der Waals surface area contributed by atoms with Crippen molar-refractivity contribution in [2.24, 2.45) is 0 Å². The lowest BCUT2D eigenvalue weighted by Crippen LogP contribution is -2.57. The van der Waals surface area contributed by atoms with Crippen LogP contribution in [0.3, 0.4) is 0 Å². The van der Waals surface area contributed by atoms with E-state index in [1.807, 2.05) is 30.3 Å². The second-order valence-corrected chi connectivity index (χ2v) is 8.77. The third-order valence-electron chi connectivity index (χ3n) is 4.71. The standard InChI is InChI=1S/C18H19NO5S/c1-3-11-24-17(21)16-18(2,10-9-13-7-5-4-6-8-13)25(22,23)15-12-14(20)19(15)16/h3-10,15-16H,1,11-12H2,2H3/t15-,16+,18?/m1/s1. The van der Waals surface area contributed by atoms with Crippen LogP contribution in [0, 0.1) is 0 Å². The Morgan fingerprint density at radius 3 is 2.68 bits per heavy atom. The summed E-state index contributed by atoms with van der Waals surface area (Å²) < 4.78 is 29.4. The molecule has 7 heteroatoms. The second-order valence-electron chi connectivity index (χ2n) is 6.25. The average molecular weight is 361 g/mol. The molecule has 1 amide bonds. The molecule has 3 atom stereocenters. The zero-order valence-electron chi connectivity index (χ0n) is 13.8. The Balaban J connectivity index is 2.02. The van der Waals surface area contributed by atoms with Crippen LogP contribution in [0.5, 0.6) is 0 Å². The number of benzene rings is 1. The summed E-state index contributed by atoms with van der Waals surface area (Å²) in [5, 5.41) is -0.966. The van der Waals surface area contributed by atoms with Crippen LogP contribution >= 0.6 is 0 Å². The van der Waals surface area contributed by atoms with Gasteiger partial charge in [-0.2, -0.15) is 0 Å². The van der Waals surface area contributed by atoms with Crippen molar-refractivity contribution < 1.29 is 22.7 Å². The molecule has 6 nitrogen and oxygen atoms in total. The molecule has 0 bridgehead atoms. The number of sulfone groups is 1. The van der Waals surface area contributed by atoms with Crippen molar-refractivity contribution >= 4 is 27.8 Å².